The number of aryl methyl sites for hydroxylation is 1. The molecule has 2 nitrogen and oxygen atoms in total. The molecule has 0 spiro atoms. The van der Waals surface area contributed by atoms with Crippen LogP contribution in [0.25, 0.3) is 0 Å². The van der Waals surface area contributed by atoms with Crippen LogP contribution < -0.4 is 10.2 Å². The van der Waals surface area contributed by atoms with Crippen LogP contribution in [0.2, 0.25) is 0 Å². The molecule has 1 saturated heterocycles. The second-order valence-corrected chi connectivity index (χ2v) is 6.67. The molecule has 1 aliphatic heterocycles. The van der Waals surface area contributed by atoms with E-state index in [1.54, 1.807) is 0 Å². The van der Waals surface area contributed by atoms with Gasteiger partial charge in [-0.3, -0.25) is 0 Å². The van der Waals surface area contributed by atoms with Crippen molar-refractivity contribution >= 4 is 5.69 Å². The molecule has 0 aromatic heterocycles. The molecule has 100 valence electrons. The minimum absolute atomic E-state index is 0.308. The molecule has 1 N–H and O–H groups in total. The van der Waals surface area contributed by atoms with Gasteiger partial charge in [0, 0.05) is 30.9 Å². The van der Waals surface area contributed by atoms with E-state index in [1.807, 2.05) is 0 Å². The first-order valence-electron chi connectivity index (χ1n) is 6.94. The smallest absolute Gasteiger partial charge is 0.0387 e. The molecule has 2 unspecified atom stereocenters. The fourth-order valence-corrected chi connectivity index (χ4v) is 2.61. The van der Waals surface area contributed by atoms with Gasteiger partial charge in [0.15, 0.2) is 0 Å². The maximum Gasteiger partial charge on any atom is 0.0387 e. The first-order chi connectivity index (χ1) is 8.38. The highest BCUT2D eigenvalue weighted by molar-refractivity contribution is 5.50. The van der Waals surface area contributed by atoms with Gasteiger partial charge in [-0.2, -0.15) is 0 Å². The minimum Gasteiger partial charge on any atom is -0.366 e. The van der Waals surface area contributed by atoms with Crippen LogP contribution in [-0.4, -0.2) is 25.2 Å². The van der Waals surface area contributed by atoms with Crippen molar-refractivity contribution < 1.29 is 0 Å². The van der Waals surface area contributed by atoms with Crippen molar-refractivity contribution in [2.24, 2.45) is 5.41 Å². The first-order valence-corrected chi connectivity index (χ1v) is 6.94. The monoisotopic (exact) mass is 246 g/mol. The van der Waals surface area contributed by atoms with Gasteiger partial charge in [-0.1, -0.05) is 32.9 Å². The largest absolute Gasteiger partial charge is 0.366 e. The van der Waals surface area contributed by atoms with E-state index in [0.717, 1.165) is 13.1 Å². The average molecular weight is 246 g/mol. The number of hydrogen-bond donors (Lipinski definition) is 1. The zero-order valence-electron chi connectivity index (χ0n) is 12.3. The SMILES string of the molecule is Cc1cccc(N2CC(C(C)(C)C)NCC2C)c1. The summed E-state index contributed by atoms with van der Waals surface area (Å²) in [5.74, 6) is 0. The molecule has 0 bridgehead atoms. The van der Waals surface area contributed by atoms with E-state index >= 15 is 0 Å². The molecule has 1 fully saturated rings. The summed E-state index contributed by atoms with van der Waals surface area (Å²) in [6.07, 6.45) is 0. The molecule has 18 heavy (non-hydrogen) atoms. The molecule has 2 heteroatoms. The normalized spacial score (nSPS) is 25.3. The van der Waals surface area contributed by atoms with Crippen molar-refractivity contribution in [2.45, 2.75) is 46.7 Å². The summed E-state index contributed by atoms with van der Waals surface area (Å²) in [6.45, 7) is 13.6. The summed E-state index contributed by atoms with van der Waals surface area (Å²) >= 11 is 0. The maximum absolute atomic E-state index is 3.68. The molecule has 2 rings (SSSR count). The Labute approximate surface area is 111 Å². The van der Waals surface area contributed by atoms with E-state index in [0.29, 0.717) is 17.5 Å². The number of rotatable bonds is 1. The van der Waals surface area contributed by atoms with Crippen LogP contribution in [0, 0.1) is 12.3 Å². The number of piperazine rings is 1. The molecule has 1 aliphatic rings. The number of hydrogen-bond acceptors (Lipinski definition) is 2. The van der Waals surface area contributed by atoms with Gasteiger partial charge in [0.2, 0.25) is 0 Å². The fraction of sp³-hybridized carbons (Fsp3) is 0.625. The highest BCUT2D eigenvalue weighted by atomic mass is 15.2. The quantitative estimate of drug-likeness (QED) is 0.818. The van der Waals surface area contributed by atoms with E-state index in [-0.39, 0.29) is 0 Å². The Morgan fingerprint density at radius 3 is 2.61 bits per heavy atom. The molecular weight excluding hydrogens is 220 g/mol. The van der Waals surface area contributed by atoms with Crippen molar-refractivity contribution in [3.8, 4) is 0 Å². The lowest BCUT2D eigenvalue weighted by atomic mass is 9.84. The molecule has 0 saturated carbocycles. The molecule has 0 aliphatic carbocycles. The lowest BCUT2D eigenvalue weighted by Gasteiger charge is -2.45. The second kappa shape index (κ2) is 4.93. The van der Waals surface area contributed by atoms with Gasteiger partial charge in [0.25, 0.3) is 0 Å². The van der Waals surface area contributed by atoms with E-state index in [9.17, 15) is 0 Å². The Hall–Kier alpha value is -1.02. The Balaban J connectivity index is 2.20. The highest BCUT2D eigenvalue weighted by Crippen LogP contribution is 2.27. The Bertz CT molecular complexity index is 406. The van der Waals surface area contributed by atoms with Crippen molar-refractivity contribution in [1.29, 1.82) is 0 Å². The van der Waals surface area contributed by atoms with Crippen LogP contribution in [0.3, 0.4) is 0 Å². The predicted molar refractivity (Wildman–Crippen MR) is 79.2 cm³/mol. The van der Waals surface area contributed by atoms with Gasteiger partial charge in [0.1, 0.15) is 0 Å². The zero-order chi connectivity index (χ0) is 13.3. The topological polar surface area (TPSA) is 15.3 Å². The standard InChI is InChI=1S/C16H26N2/c1-12-7-6-8-14(9-12)18-11-15(16(3,4)5)17-10-13(18)2/h6-9,13,15,17H,10-11H2,1-5H3. The maximum atomic E-state index is 3.68. The first kappa shape index (κ1) is 13.4. The van der Waals surface area contributed by atoms with Gasteiger partial charge in [0.05, 0.1) is 0 Å². The van der Waals surface area contributed by atoms with Crippen LogP contribution in [0.4, 0.5) is 5.69 Å². The number of benzene rings is 1. The summed E-state index contributed by atoms with van der Waals surface area (Å²) in [7, 11) is 0. The molecular formula is C16H26N2. The van der Waals surface area contributed by atoms with Crippen molar-refractivity contribution in [1.82, 2.24) is 5.32 Å². The molecule has 0 radical (unpaired) electrons. The summed E-state index contributed by atoms with van der Waals surface area (Å²) < 4.78 is 0. The zero-order valence-corrected chi connectivity index (χ0v) is 12.3. The van der Waals surface area contributed by atoms with E-state index in [4.69, 9.17) is 0 Å². The van der Waals surface area contributed by atoms with E-state index < -0.39 is 0 Å². The van der Waals surface area contributed by atoms with E-state index in [1.165, 1.54) is 11.3 Å². The van der Waals surface area contributed by atoms with Crippen LogP contribution in [0.1, 0.15) is 33.3 Å². The minimum atomic E-state index is 0.308. The predicted octanol–water partition coefficient (Wildman–Crippen LogP) is 3.21. The van der Waals surface area contributed by atoms with Crippen molar-refractivity contribution in [2.75, 3.05) is 18.0 Å². The summed E-state index contributed by atoms with van der Waals surface area (Å²) in [6, 6.07) is 9.96. The Morgan fingerprint density at radius 2 is 2.00 bits per heavy atom. The molecule has 1 aromatic carbocycles. The van der Waals surface area contributed by atoms with Gasteiger partial charge < -0.3 is 10.2 Å². The third-order valence-corrected chi connectivity index (χ3v) is 3.95. The van der Waals surface area contributed by atoms with Crippen LogP contribution in [0.15, 0.2) is 24.3 Å². The summed E-state index contributed by atoms with van der Waals surface area (Å²) in [5, 5.41) is 3.68. The molecule has 1 heterocycles. The molecule has 1 aromatic rings. The lowest BCUT2D eigenvalue weighted by molar-refractivity contribution is 0.239. The Kier molecular flexibility index (Phi) is 3.67. The average Bonchev–Trinajstić information content (AvgIpc) is 2.28. The summed E-state index contributed by atoms with van der Waals surface area (Å²) in [4.78, 5) is 2.54. The lowest BCUT2D eigenvalue weighted by Crippen LogP contribution is -2.59. The Morgan fingerprint density at radius 1 is 1.28 bits per heavy atom. The van der Waals surface area contributed by atoms with Crippen LogP contribution in [-0.2, 0) is 0 Å². The third-order valence-electron chi connectivity index (χ3n) is 3.95. The van der Waals surface area contributed by atoms with Gasteiger partial charge >= 0.3 is 0 Å². The molecule has 0 amide bonds. The number of anilines is 1. The van der Waals surface area contributed by atoms with Crippen LogP contribution >= 0.6 is 0 Å². The van der Waals surface area contributed by atoms with Gasteiger partial charge in [-0.25, -0.2) is 0 Å². The summed E-state index contributed by atoms with van der Waals surface area (Å²) in [5.41, 5.74) is 3.01. The van der Waals surface area contributed by atoms with E-state index in [2.05, 4.69) is 69.1 Å². The third kappa shape index (κ3) is 2.86. The van der Waals surface area contributed by atoms with Crippen LogP contribution in [0.5, 0.6) is 0 Å². The van der Waals surface area contributed by atoms with Gasteiger partial charge in [-0.05, 0) is 37.0 Å². The number of nitrogens with zero attached hydrogens (tertiary/aromatic N) is 1. The fourth-order valence-electron chi connectivity index (χ4n) is 2.61. The van der Waals surface area contributed by atoms with Crippen molar-refractivity contribution in [3.05, 3.63) is 29.8 Å². The van der Waals surface area contributed by atoms with Gasteiger partial charge in [-0.15, -0.1) is 0 Å². The number of nitrogens with one attached hydrogen (secondary N) is 1. The highest BCUT2D eigenvalue weighted by Gasteiger charge is 2.32. The molecule has 2 atom stereocenters. The second-order valence-electron chi connectivity index (χ2n) is 6.67. The van der Waals surface area contributed by atoms with Crippen molar-refractivity contribution in [3.63, 3.8) is 0 Å².